The first kappa shape index (κ1) is 21.8. The molecule has 0 fully saturated rings. The summed E-state index contributed by atoms with van der Waals surface area (Å²) >= 11 is 0. The molecule has 166 valence electrons. The maximum atomic E-state index is 12.7. The molecule has 0 bridgehead atoms. The van der Waals surface area contributed by atoms with Gasteiger partial charge in [-0.2, -0.15) is 0 Å². The topological polar surface area (TPSA) is 84.9 Å². The van der Waals surface area contributed by atoms with Crippen LogP contribution in [0.3, 0.4) is 0 Å². The number of methoxy groups -OCH3 is 1. The fourth-order valence-corrected chi connectivity index (χ4v) is 3.59. The maximum Gasteiger partial charge on any atom is 0.266 e. The average Bonchev–Trinajstić information content (AvgIpc) is 3.08. The predicted octanol–water partition coefficient (Wildman–Crippen LogP) is 4.55. The van der Waals surface area contributed by atoms with Crippen molar-refractivity contribution in [2.24, 2.45) is 0 Å². The molecule has 0 atom stereocenters. The van der Waals surface area contributed by atoms with Crippen molar-refractivity contribution in [2.45, 2.75) is 6.92 Å². The van der Waals surface area contributed by atoms with Gasteiger partial charge in [0, 0.05) is 5.69 Å². The van der Waals surface area contributed by atoms with Crippen LogP contribution >= 0.6 is 0 Å². The Labute approximate surface area is 191 Å². The van der Waals surface area contributed by atoms with E-state index in [1.54, 1.807) is 54.6 Å². The van der Waals surface area contributed by atoms with Gasteiger partial charge in [-0.3, -0.25) is 14.4 Å². The summed E-state index contributed by atoms with van der Waals surface area (Å²) in [5, 5.41) is 2.73. The number of fused-ring (bicyclic) bond motifs is 1. The molecule has 0 saturated heterocycles. The summed E-state index contributed by atoms with van der Waals surface area (Å²) < 4.78 is 11.0. The monoisotopic (exact) mass is 442 g/mol. The quantitative estimate of drug-likeness (QED) is 0.543. The first-order valence-corrected chi connectivity index (χ1v) is 10.3. The van der Waals surface area contributed by atoms with E-state index in [0.29, 0.717) is 34.0 Å². The second-order valence-corrected chi connectivity index (χ2v) is 7.29. The number of ether oxygens (including phenoxy) is 2. The number of hydrogen-bond acceptors (Lipinski definition) is 5. The number of benzene rings is 3. The molecular weight excluding hydrogens is 420 g/mol. The zero-order chi connectivity index (χ0) is 23.4. The lowest BCUT2D eigenvalue weighted by Gasteiger charge is -2.15. The summed E-state index contributed by atoms with van der Waals surface area (Å²) in [4.78, 5) is 39.0. The Hall–Kier alpha value is -4.39. The van der Waals surface area contributed by atoms with Gasteiger partial charge in [-0.15, -0.1) is 0 Å². The Morgan fingerprint density at radius 1 is 0.939 bits per heavy atom. The molecule has 0 saturated carbocycles. The van der Waals surface area contributed by atoms with Gasteiger partial charge >= 0.3 is 0 Å². The molecule has 1 N–H and O–H groups in total. The van der Waals surface area contributed by atoms with E-state index in [1.165, 1.54) is 7.11 Å². The van der Waals surface area contributed by atoms with Gasteiger partial charge in [-0.1, -0.05) is 36.4 Å². The van der Waals surface area contributed by atoms with Gasteiger partial charge in [0.1, 0.15) is 0 Å². The van der Waals surface area contributed by atoms with Gasteiger partial charge in [0.25, 0.3) is 17.7 Å². The van der Waals surface area contributed by atoms with Crippen molar-refractivity contribution < 1.29 is 23.9 Å². The molecule has 1 aliphatic heterocycles. The molecule has 1 heterocycles. The fraction of sp³-hybridized carbons (Fsp3) is 0.115. The van der Waals surface area contributed by atoms with Crippen molar-refractivity contribution in [1.29, 1.82) is 0 Å². The smallest absolute Gasteiger partial charge is 0.266 e. The van der Waals surface area contributed by atoms with Crippen molar-refractivity contribution in [3.63, 3.8) is 0 Å². The van der Waals surface area contributed by atoms with E-state index < -0.39 is 17.7 Å². The summed E-state index contributed by atoms with van der Waals surface area (Å²) in [6.45, 7) is 1.68. The molecule has 0 aliphatic carbocycles. The van der Waals surface area contributed by atoms with Crippen LogP contribution < -0.4 is 19.7 Å². The van der Waals surface area contributed by atoms with E-state index in [1.807, 2.05) is 31.2 Å². The van der Waals surface area contributed by atoms with Gasteiger partial charge < -0.3 is 14.8 Å². The molecule has 3 aromatic rings. The SMILES string of the molecule is C/C=C/c1ccc(OCC(=O)Nc2cccc(N3C(=O)c4ccccc4C3=O)c2)c(OC)c1. The minimum atomic E-state index is -0.394. The molecule has 3 amide bonds. The van der Waals surface area contributed by atoms with Crippen LogP contribution in [0.2, 0.25) is 0 Å². The second-order valence-electron chi connectivity index (χ2n) is 7.29. The highest BCUT2D eigenvalue weighted by atomic mass is 16.5. The summed E-state index contributed by atoms with van der Waals surface area (Å²) in [7, 11) is 1.53. The van der Waals surface area contributed by atoms with Gasteiger partial charge in [-0.25, -0.2) is 4.90 Å². The molecule has 7 nitrogen and oxygen atoms in total. The van der Waals surface area contributed by atoms with E-state index in [-0.39, 0.29) is 6.61 Å². The summed E-state index contributed by atoms with van der Waals surface area (Å²) in [6.07, 6.45) is 3.85. The minimum Gasteiger partial charge on any atom is -0.493 e. The fourth-order valence-electron chi connectivity index (χ4n) is 3.59. The number of carbonyl (C=O) groups is 3. The van der Waals surface area contributed by atoms with Crippen molar-refractivity contribution in [3.8, 4) is 11.5 Å². The van der Waals surface area contributed by atoms with Crippen LogP contribution in [0.4, 0.5) is 11.4 Å². The second kappa shape index (κ2) is 9.40. The summed E-state index contributed by atoms with van der Waals surface area (Å²) in [5.74, 6) is -0.215. The Morgan fingerprint density at radius 2 is 1.67 bits per heavy atom. The maximum absolute atomic E-state index is 12.7. The summed E-state index contributed by atoms with van der Waals surface area (Å²) in [5.41, 5.74) is 2.49. The Balaban J connectivity index is 1.44. The number of nitrogens with zero attached hydrogens (tertiary/aromatic N) is 1. The van der Waals surface area contributed by atoms with Crippen LogP contribution in [0.25, 0.3) is 6.08 Å². The highest BCUT2D eigenvalue weighted by Crippen LogP contribution is 2.30. The van der Waals surface area contributed by atoms with Crippen LogP contribution in [-0.2, 0) is 4.79 Å². The number of nitrogens with one attached hydrogen (secondary N) is 1. The van der Waals surface area contributed by atoms with E-state index in [9.17, 15) is 14.4 Å². The molecule has 4 rings (SSSR count). The first-order chi connectivity index (χ1) is 16.0. The molecule has 0 unspecified atom stereocenters. The Morgan fingerprint density at radius 3 is 2.33 bits per heavy atom. The first-order valence-electron chi connectivity index (χ1n) is 10.3. The van der Waals surface area contributed by atoms with Crippen LogP contribution in [-0.4, -0.2) is 31.4 Å². The number of allylic oxidation sites excluding steroid dienone is 1. The molecule has 0 radical (unpaired) electrons. The number of amides is 3. The Bertz CT molecular complexity index is 1230. The molecule has 0 aromatic heterocycles. The van der Waals surface area contributed by atoms with Gasteiger partial charge in [0.15, 0.2) is 18.1 Å². The number of imide groups is 1. The molecule has 33 heavy (non-hydrogen) atoms. The third-order valence-corrected chi connectivity index (χ3v) is 5.09. The van der Waals surface area contributed by atoms with Gasteiger partial charge in [0.05, 0.1) is 23.9 Å². The van der Waals surface area contributed by atoms with Crippen LogP contribution in [0, 0.1) is 0 Å². The van der Waals surface area contributed by atoms with Crippen molar-refractivity contribution in [2.75, 3.05) is 23.9 Å². The standard InChI is InChI=1S/C26H22N2O5/c1-3-7-17-12-13-22(23(14-17)32-2)33-16-24(29)27-18-8-6-9-19(15-18)28-25(30)20-10-4-5-11-21(20)26(28)31/h3-15H,16H2,1-2H3,(H,27,29)/b7-3+. The van der Waals surface area contributed by atoms with E-state index >= 15 is 0 Å². The molecule has 3 aromatic carbocycles. The zero-order valence-corrected chi connectivity index (χ0v) is 18.2. The molecule has 1 aliphatic rings. The van der Waals surface area contributed by atoms with Gasteiger partial charge in [0.2, 0.25) is 0 Å². The molecule has 0 spiro atoms. The molecule has 7 heteroatoms. The Kier molecular flexibility index (Phi) is 6.22. The van der Waals surface area contributed by atoms with E-state index in [0.717, 1.165) is 10.5 Å². The third kappa shape index (κ3) is 4.48. The number of carbonyl (C=O) groups excluding carboxylic acids is 3. The van der Waals surface area contributed by atoms with Crippen molar-refractivity contribution in [1.82, 2.24) is 0 Å². The predicted molar refractivity (Wildman–Crippen MR) is 126 cm³/mol. The number of anilines is 2. The lowest BCUT2D eigenvalue weighted by Crippen LogP contribution is -2.29. The van der Waals surface area contributed by atoms with Crippen LogP contribution in [0.1, 0.15) is 33.2 Å². The minimum absolute atomic E-state index is 0.240. The van der Waals surface area contributed by atoms with Crippen LogP contribution in [0.5, 0.6) is 11.5 Å². The van der Waals surface area contributed by atoms with Crippen molar-refractivity contribution >= 4 is 35.2 Å². The zero-order valence-electron chi connectivity index (χ0n) is 18.2. The average molecular weight is 442 g/mol. The number of hydrogen-bond donors (Lipinski definition) is 1. The van der Waals surface area contributed by atoms with Crippen LogP contribution in [0.15, 0.2) is 72.8 Å². The number of rotatable bonds is 7. The van der Waals surface area contributed by atoms with E-state index in [2.05, 4.69) is 5.32 Å². The highest BCUT2D eigenvalue weighted by molar-refractivity contribution is 6.34. The van der Waals surface area contributed by atoms with Gasteiger partial charge in [-0.05, 0) is 55.0 Å². The highest BCUT2D eigenvalue weighted by Gasteiger charge is 2.36. The van der Waals surface area contributed by atoms with Crippen molar-refractivity contribution in [3.05, 3.63) is 89.5 Å². The van der Waals surface area contributed by atoms with E-state index in [4.69, 9.17) is 9.47 Å². The summed E-state index contributed by atoms with van der Waals surface area (Å²) in [6, 6.07) is 18.7. The normalized spacial score (nSPS) is 12.7. The lowest BCUT2D eigenvalue weighted by molar-refractivity contribution is -0.118. The largest absolute Gasteiger partial charge is 0.493 e. The molecular formula is C26H22N2O5. The third-order valence-electron chi connectivity index (χ3n) is 5.09. The lowest BCUT2D eigenvalue weighted by atomic mass is 10.1.